The van der Waals surface area contributed by atoms with Crippen molar-refractivity contribution in [3.8, 4) is 0 Å². The average molecular weight is 390 g/mol. The number of hydrogen-bond donors (Lipinski definition) is 3. The van der Waals surface area contributed by atoms with Gasteiger partial charge in [0.15, 0.2) is 5.78 Å². The lowest BCUT2D eigenvalue weighted by Crippen LogP contribution is -2.86. The molecule has 2 saturated heterocycles. The number of fused-ring (bicyclic) bond motifs is 2. The maximum atomic E-state index is 13.9. The number of Topliss-reactive ketones (excluding diaryl/α,β-unsaturated/α-hetero) is 2. The van der Waals surface area contributed by atoms with Crippen molar-refractivity contribution < 1.29 is 29.6 Å². The van der Waals surface area contributed by atoms with Crippen LogP contribution >= 0.6 is 0 Å². The van der Waals surface area contributed by atoms with Crippen LogP contribution in [0.15, 0.2) is 12.2 Å². The standard InChI is InChI=1S/C22H30O6/c1-10-11-6-7-12-20-9-28-22(27,21(12,14(10)23)15(11)24)16(25)13(20)18(2,3)8-19(4,5)17(20)26/h11-13,15-16,24-25,27H,1,6-9H2,2-5H3/t11-,12-,13+,15+,16-,20-,21-,22+/m0/s1. The summed E-state index contributed by atoms with van der Waals surface area (Å²) in [5.41, 5.74) is -3.66. The second kappa shape index (κ2) is 4.80. The molecule has 0 amide bonds. The van der Waals surface area contributed by atoms with Crippen molar-refractivity contribution in [2.75, 3.05) is 6.61 Å². The first-order valence-electron chi connectivity index (χ1n) is 10.3. The van der Waals surface area contributed by atoms with Crippen molar-refractivity contribution in [2.24, 2.45) is 39.4 Å². The Morgan fingerprint density at radius 1 is 1.07 bits per heavy atom. The minimum absolute atomic E-state index is 0.0227. The molecule has 2 aliphatic heterocycles. The Labute approximate surface area is 165 Å². The molecule has 3 N–H and O–H groups in total. The summed E-state index contributed by atoms with van der Waals surface area (Å²) in [6.07, 6.45) is -0.989. The summed E-state index contributed by atoms with van der Waals surface area (Å²) in [5.74, 6) is -4.25. The Bertz CT molecular complexity index is 829. The summed E-state index contributed by atoms with van der Waals surface area (Å²) in [4.78, 5) is 27.4. The predicted molar refractivity (Wildman–Crippen MR) is 98.8 cm³/mol. The van der Waals surface area contributed by atoms with E-state index in [1.807, 2.05) is 27.7 Å². The van der Waals surface area contributed by atoms with Crippen LogP contribution in [0.5, 0.6) is 0 Å². The van der Waals surface area contributed by atoms with Crippen molar-refractivity contribution in [3.63, 3.8) is 0 Å². The molecule has 4 saturated carbocycles. The number of carbonyl (C=O) groups is 2. The minimum atomic E-state index is -2.21. The van der Waals surface area contributed by atoms with Gasteiger partial charge in [0.2, 0.25) is 5.79 Å². The van der Waals surface area contributed by atoms with Gasteiger partial charge < -0.3 is 20.1 Å². The molecule has 0 radical (unpaired) electrons. The van der Waals surface area contributed by atoms with E-state index in [4.69, 9.17) is 4.74 Å². The topological polar surface area (TPSA) is 104 Å². The zero-order valence-electron chi connectivity index (χ0n) is 17.0. The molecule has 2 spiro atoms. The average Bonchev–Trinajstić information content (AvgIpc) is 2.70. The summed E-state index contributed by atoms with van der Waals surface area (Å²) in [5, 5.41) is 34.4. The Morgan fingerprint density at radius 2 is 1.71 bits per heavy atom. The summed E-state index contributed by atoms with van der Waals surface area (Å²) in [6.45, 7) is 11.7. The molecular weight excluding hydrogens is 360 g/mol. The Morgan fingerprint density at radius 3 is 2.36 bits per heavy atom. The fourth-order valence-corrected chi connectivity index (χ4v) is 8.68. The zero-order chi connectivity index (χ0) is 20.7. The van der Waals surface area contributed by atoms with E-state index in [0.717, 1.165) is 0 Å². The van der Waals surface area contributed by atoms with Crippen LogP contribution in [0.3, 0.4) is 0 Å². The largest absolute Gasteiger partial charge is 0.391 e. The normalized spacial score (nSPS) is 55.8. The molecule has 6 aliphatic rings. The van der Waals surface area contributed by atoms with Crippen LogP contribution in [0.2, 0.25) is 0 Å². The zero-order valence-corrected chi connectivity index (χ0v) is 17.0. The molecule has 4 bridgehead atoms. The van der Waals surface area contributed by atoms with Gasteiger partial charge in [-0.2, -0.15) is 0 Å². The third kappa shape index (κ3) is 1.55. The van der Waals surface area contributed by atoms with Crippen molar-refractivity contribution in [1.29, 1.82) is 0 Å². The van der Waals surface area contributed by atoms with Gasteiger partial charge in [-0.15, -0.1) is 0 Å². The Balaban J connectivity index is 1.84. The first-order chi connectivity index (χ1) is 12.8. The smallest absolute Gasteiger partial charge is 0.208 e. The first kappa shape index (κ1) is 18.9. The lowest BCUT2D eigenvalue weighted by molar-refractivity contribution is -0.439. The highest BCUT2D eigenvalue weighted by molar-refractivity contribution is 6.06. The van der Waals surface area contributed by atoms with Crippen LogP contribution in [0.1, 0.15) is 47.0 Å². The van der Waals surface area contributed by atoms with E-state index < -0.39 is 63.2 Å². The molecule has 8 atom stereocenters. The molecule has 0 unspecified atom stereocenters. The van der Waals surface area contributed by atoms with Gasteiger partial charge in [0, 0.05) is 17.3 Å². The molecule has 154 valence electrons. The molecule has 6 fully saturated rings. The first-order valence-corrected chi connectivity index (χ1v) is 10.3. The van der Waals surface area contributed by atoms with Gasteiger partial charge in [-0.3, -0.25) is 9.59 Å². The molecule has 6 nitrogen and oxygen atoms in total. The van der Waals surface area contributed by atoms with E-state index >= 15 is 0 Å². The third-order valence-electron chi connectivity index (χ3n) is 9.07. The fraction of sp³-hybridized carbons (Fsp3) is 0.818. The van der Waals surface area contributed by atoms with Gasteiger partial charge >= 0.3 is 0 Å². The van der Waals surface area contributed by atoms with Gasteiger partial charge in [0.05, 0.1) is 18.1 Å². The number of ketones is 2. The number of ether oxygens (including phenoxy) is 1. The molecule has 2 heterocycles. The second-order valence-corrected chi connectivity index (χ2v) is 11.2. The van der Waals surface area contributed by atoms with Gasteiger partial charge in [-0.1, -0.05) is 34.3 Å². The Kier molecular flexibility index (Phi) is 3.24. The SMILES string of the molecule is C=C1C(=O)[C@]23[C@H](O)[C@H]1CC[C@H]2[C@@]12CO[C@]3(O)[C@@H](O)[C@@H]1C(C)(C)CC(C)(C)C2=O. The van der Waals surface area contributed by atoms with E-state index in [9.17, 15) is 24.9 Å². The van der Waals surface area contributed by atoms with Crippen LogP contribution in [-0.4, -0.2) is 51.5 Å². The predicted octanol–water partition coefficient (Wildman–Crippen LogP) is 1.22. The van der Waals surface area contributed by atoms with Crippen LogP contribution in [0.4, 0.5) is 0 Å². The highest BCUT2D eigenvalue weighted by Crippen LogP contribution is 2.76. The molecule has 0 aromatic heterocycles. The molecule has 0 aromatic carbocycles. The van der Waals surface area contributed by atoms with Crippen LogP contribution in [-0.2, 0) is 14.3 Å². The highest BCUT2D eigenvalue weighted by atomic mass is 16.6. The van der Waals surface area contributed by atoms with Crippen molar-refractivity contribution in [2.45, 2.75) is 65.0 Å². The summed E-state index contributed by atoms with van der Waals surface area (Å²) < 4.78 is 5.84. The maximum absolute atomic E-state index is 13.9. The van der Waals surface area contributed by atoms with Crippen molar-refractivity contribution >= 4 is 11.6 Å². The summed E-state index contributed by atoms with van der Waals surface area (Å²) in [7, 11) is 0. The fourth-order valence-electron chi connectivity index (χ4n) is 8.68. The van der Waals surface area contributed by atoms with E-state index in [1.54, 1.807) is 0 Å². The summed E-state index contributed by atoms with van der Waals surface area (Å²) >= 11 is 0. The minimum Gasteiger partial charge on any atom is -0.391 e. The van der Waals surface area contributed by atoms with Crippen molar-refractivity contribution in [3.05, 3.63) is 12.2 Å². The number of aliphatic hydroxyl groups is 3. The summed E-state index contributed by atoms with van der Waals surface area (Å²) in [6, 6.07) is 0. The molecule has 6 heteroatoms. The van der Waals surface area contributed by atoms with Crippen LogP contribution in [0, 0.1) is 39.4 Å². The van der Waals surface area contributed by atoms with Crippen LogP contribution in [0.25, 0.3) is 0 Å². The van der Waals surface area contributed by atoms with Crippen LogP contribution < -0.4 is 0 Å². The molecule has 0 aromatic rings. The van der Waals surface area contributed by atoms with E-state index in [1.165, 1.54) is 0 Å². The molecule has 4 aliphatic carbocycles. The number of hydrogen-bond acceptors (Lipinski definition) is 6. The van der Waals surface area contributed by atoms with E-state index in [2.05, 4.69) is 6.58 Å². The van der Waals surface area contributed by atoms with E-state index in [-0.39, 0.29) is 18.0 Å². The number of aliphatic hydroxyl groups excluding tert-OH is 2. The third-order valence-corrected chi connectivity index (χ3v) is 9.07. The lowest BCUT2D eigenvalue weighted by atomic mass is 9.33. The monoisotopic (exact) mass is 390 g/mol. The quantitative estimate of drug-likeness (QED) is 0.537. The number of rotatable bonds is 0. The highest BCUT2D eigenvalue weighted by Gasteiger charge is 2.88. The molecule has 6 rings (SSSR count). The van der Waals surface area contributed by atoms with Crippen molar-refractivity contribution in [1.82, 2.24) is 0 Å². The lowest BCUT2D eigenvalue weighted by Gasteiger charge is -2.74. The van der Waals surface area contributed by atoms with Gasteiger partial charge in [-0.25, -0.2) is 0 Å². The second-order valence-electron chi connectivity index (χ2n) is 11.2. The molecule has 28 heavy (non-hydrogen) atoms. The van der Waals surface area contributed by atoms with Gasteiger partial charge in [0.25, 0.3) is 0 Å². The van der Waals surface area contributed by atoms with Gasteiger partial charge in [0.1, 0.15) is 17.3 Å². The van der Waals surface area contributed by atoms with Gasteiger partial charge in [-0.05, 0) is 36.2 Å². The molecular formula is C22H30O6. The maximum Gasteiger partial charge on any atom is 0.208 e. The Hall–Kier alpha value is -1.08. The van der Waals surface area contributed by atoms with E-state index in [0.29, 0.717) is 19.3 Å². The number of carbonyl (C=O) groups excluding carboxylic acids is 2.